The maximum Gasteiger partial charge on any atom is 0.407 e. The second-order valence-corrected chi connectivity index (χ2v) is 9.76. The highest BCUT2D eigenvalue weighted by Gasteiger charge is 2.14. The molecule has 4 aromatic rings. The van der Waals surface area contributed by atoms with Crippen LogP contribution < -0.4 is 15.4 Å². The summed E-state index contributed by atoms with van der Waals surface area (Å²) in [7, 11) is 0. The first-order valence-electron chi connectivity index (χ1n) is 13.5. The molecule has 3 N–H and O–H groups in total. The van der Waals surface area contributed by atoms with E-state index < -0.39 is 12.1 Å². The number of carbonyl (C=O) groups excluding carboxylic acids is 2. The third-order valence-corrected chi connectivity index (χ3v) is 6.19. The molecule has 4 rings (SSSR count). The van der Waals surface area contributed by atoms with Gasteiger partial charge in [0.1, 0.15) is 11.5 Å². The van der Waals surface area contributed by atoms with Gasteiger partial charge in [0.05, 0.1) is 24.7 Å². The van der Waals surface area contributed by atoms with Gasteiger partial charge in [0, 0.05) is 30.6 Å². The second kappa shape index (κ2) is 14.0. The number of carbonyl (C=O) groups is 3. The van der Waals surface area contributed by atoms with E-state index in [4.69, 9.17) is 23.4 Å². The Kier molecular flexibility index (Phi) is 9.99. The van der Waals surface area contributed by atoms with Crippen molar-refractivity contribution in [3.8, 4) is 17.2 Å². The molecule has 0 atom stereocenters. The van der Waals surface area contributed by atoms with Gasteiger partial charge >= 0.3 is 12.1 Å². The molecule has 2 amide bonds. The van der Waals surface area contributed by atoms with Crippen LogP contribution >= 0.6 is 0 Å². The normalized spacial score (nSPS) is 10.9. The van der Waals surface area contributed by atoms with Gasteiger partial charge in [0.25, 0.3) is 5.91 Å². The van der Waals surface area contributed by atoms with Gasteiger partial charge in [-0.25, -0.2) is 9.78 Å². The average Bonchev–Trinajstić information content (AvgIpc) is 3.62. The molecule has 220 valence electrons. The summed E-state index contributed by atoms with van der Waals surface area (Å²) in [4.78, 5) is 39.8. The average molecular weight is 576 g/mol. The maximum absolute atomic E-state index is 12.2. The third-order valence-electron chi connectivity index (χ3n) is 6.19. The fourth-order valence-corrected chi connectivity index (χ4v) is 4.11. The van der Waals surface area contributed by atoms with Gasteiger partial charge in [-0.3, -0.25) is 9.59 Å². The summed E-state index contributed by atoms with van der Waals surface area (Å²) in [5.41, 5.74) is 3.66. The first-order chi connectivity index (χ1) is 20.2. The van der Waals surface area contributed by atoms with E-state index >= 15 is 0 Å². The van der Waals surface area contributed by atoms with Crippen molar-refractivity contribution in [1.82, 2.24) is 10.3 Å². The molecule has 11 nitrogen and oxygen atoms in total. The highest BCUT2D eigenvalue weighted by atomic mass is 16.6. The fraction of sp³-hybridized carbons (Fsp3) is 0.290. The molecule has 0 saturated heterocycles. The number of oxazole rings is 1. The molecule has 0 aliphatic carbocycles. The number of furan rings is 1. The van der Waals surface area contributed by atoms with Crippen LogP contribution in [0.1, 0.15) is 53.4 Å². The molecule has 0 unspecified atom stereocenters. The van der Waals surface area contributed by atoms with Crippen molar-refractivity contribution in [2.24, 2.45) is 0 Å². The van der Waals surface area contributed by atoms with Crippen LogP contribution in [0.15, 0.2) is 69.7 Å². The van der Waals surface area contributed by atoms with Gasteiger partial charge in [-0.1, -0.05) is 6.07 Å². The lowest BCUT2D eigenvalue weighted by Crippen LogP contribution is -2.26. The lowest BCUT2D eigenvalue weighted by Gasteiger charge is -2.14. The minimum absolute atomic E-state index is 0.0281. The van der Waals surface area contributed by atoms with Crippen LogP contribution in [0.2, 0.25) is 0 Å². The smallest absolute Gasteiger partial charge is 0.407 e. The number of alkyl carbamates (subject to hydrolysis) is 1. The van der Waals surface area contributed by atoms with Gasteiger partial charge in [-0.05, 0) is 86.8 Å². The van der Waals surface area contributed by atoms with Crippen molar-refractivity contribution in [2.75, 3.05) is 11.9 Å². The molecular weight excluding hydrogens is 542 g/mol. The van der Waals surface area contributed by atoms with Crippen LogP contribution in [-0.4, -0.2) is 40.8 Å². The number of carboxylic acids is 1. The highest BCUT2D eigenvalue weighted by molar-refractivity contribution is 6.02. The summed E-state index contributed by atoms with van der Waals surface area (Å²) in [6, 6.07) is 15.7. The zero-order valence-corrected chi connectivity index (χ0v) is 23.6. The van der Waals surface area contributed by atoms with Gasteiger partial charge in [-0.15, -0.1) is 0 Å². The molecule has 0 saturated carbocycles. The van der Waals surface area contributed by atoms with E-state index in [2.05, 4.69) is 15.6 Å². The number of rotatable bonds is 13. The SMILES string of the molecule is Cc1oc(-c2ccc(NC(=O)c3ccco3)cc2)nc1CCOc1ccc(CCC(=O)O)c(CNC(=O)OC(C)C)c1. The molecule has 2 aromatic carbocycles. The Labute approximate surface area is 242 Å². The summed E-state index contributed by atoms with van der Waals surface area (Å²) in [6.07, 6.45) is 1.42. The zero-order chi connectivity index (χ0) is 30.1. The van der Waals surface area contributed by atoms with Gasteiger partial charge < -0.3 is 34.0 Å². The number of aromatic nitrogens is 1. The molecule has 0 fully saturated rings. The minimum atomic E-state index is -0.899. The van der Waals surface area contributed by atoms with Crippen LogP contribution in [-0.2, 0) is 28.9 Å². The van der Waals surface area contributed by atoms with E-state index in [1.54, 1.807) is 50.2 Å². The monoisotopic (exact) mass is 575 g/mol. The predicted molar refractivity (Wildman–Crippen MR) is 153 cm³/mol. The van der Waals surface area contributed by atoms with Crippen molar-refractivity contribution in [1.29, 1.82) is 0 Å². The summed E-state index contributed by atoms with van der Waals surface area (Å²) in [6.45, 7) is 5.85. The molecule has 0 radical (unpaired) electrons. The number of nitrogens with one attached hydrogen (secondary N) is 2. The number of benzene rings is 2. The number of anilines is 1. The lowest BCUT2D eigenvalue weighted by molar-refractivity contribution is -0.136. The van der Waals surface area contributed by atoms with E-state index in [-0.39, 0.29) is 30.7 Å². The fourth-order valence-electron chi connectivity index (χ4n) is 4.11. The van der Waals surface area contributed by atoms with Crippen molar-refractivity contribution >= 4 is 23.7 Å². The number of hydrogen-bond donors (Lipinski definition) is 3. The second-order valence-electron chi connectivity index (χ2n) is 9.76. The van der Waals surface area contributed by atoms with Gasteiger partial charge in [0.2, 0.25) is 5.89 Å². The Hall–Kier alpha value is -5.06. The maximum atomic E-state index is 12.2. The van der Waals surface area contributed by atoms with E-state index in [0.29, 0.717) is 42.5 Å². The predicted octanol–water partition coefficient (Wildman–Crippen LogP) is 5.77. The molecule has 2 aromatic heterocycles. The Bertz CT molecular complexity index is 1510. The molecule has 11 heteroatoms. The largest absolute Gasteiger partial charge is 0.493 e. The molecule has 0 bridgehead atoms. The summed E-state index contributed by atoms with van der Waals surface area (Å²) >= 11 is 0. The molecule has 0 aliphatic heterocycles. The Morgan fingerprint density at radius 1 is 1.02 bits per heavy atom. The molecule has 2 heterocycles. The lowest BCUT2D eigenvalue weighted by atomic mass is 10.0. The summed E-state index contributed by atoms with van der Waals surface area (Å²) in [5, 5.41) is 14.6. The van der Waals surface area contributed by atoms with Gasteiger partial charge in [0.15, 0.2) is 5.76 Å². The van der Waals surface area contributed by atoms with Crippen LogP contribution in [0, 0.1) is 6.92 Å². The van der Waals surface area contributed by atoms with E-state index in [1.165, 1.54) is 6.26 Å². The molecule has 0 spiro atoms. The standard InChI is InChI=1S/C31H33N3O8/c1-19(2)41-31(38)32-18-23-17-25(12-8-21(23)9-13-28(35)36)39-16-14-26-20(3)42-30(34-26)22-6-10-24(11-7-22)33-29(37)27-5-4-15-40-27/h4-8,10-12,15,17,19H,9,13-14,16,18H2,1-3H3,(H,32,38)(H,33,37)(H,35,36). The minimum Gasteiger partial charge on any atom is -0.493 e. The third kappa shape index (κ3) is 8.47. The van der Waals surface area contributed by atoms with Crippen LogP contribution in [0.4, 0.5) is 10.5 Å². The Morgan fingerprint density at radius 2 is 1.81 bits per heavy atom. The number of aryl methyl sites for hydroxylation is 2. The summed E-state index contributed by atoms with van der Waals surface area (Å²) in [5.74, 6) is 0.689. The molecule has 0 aliphatic rings. The van der Waals surface area contributed by atoms with Crippen LogP contribution in [0.5, 0.6) is 5.75 Å². The van der Waals surface area contributed by atoms with E-state index in [9.17, 15) is 14.4 Å². The molecular formula is C31H33N3O8. The van der Waals surface area contributed by atoms with Crippen LogP contribution in [0.25, 0.3) is 11.5 Å². The van der Waals surface area contributed by atoms with E-state index in [1.807, 2.05) is 25.1 Å². The number of amides is 2. The topological polar surface area (TPSA) is 153 Å². The Morgan fingerprint density at radius 3 is 2.50 bits per heavy atom. The molecule has 42 heavy (non-hydrogen) atoms. The zero-order valence-electron chi connectivity index (χ0n) is 23.6. The van der Waals surface area contributed by atoms with Crippen LogP contribution in [0.3, 0.4) is 0 Å². The quantitative estimate of drug-likeness (QED) is 0.180. The first kappa shape index (κ1) is 29.9. The number of hydrogen-bond acceptors (Lipinski definition) is 8. The van der Waals surface area contributed by atoms with Crippen molar-refractivity contribution < 1.29 is 37.8 Å². The highest BCUT2D eigenvalue weighted by Crippen LogP contribution is 2.25. The Balaban J connectivity index is 1.35. The van der Waals surface area contributed by atoms with Crippen molar-refractivity contribution in [2.45, 2.75) is 52.7 Å². The summed E-state index contributed by atoms with van der Waals surface area (Å²) < 4.78 is 22.1. The number of nitrogens with zero attached hydrogens (tertiary/aromatic N) is 1. The van der Waals surface area contributed by atoms with Crippen molar-refractivity contribution in [3.63, 3.8) is 0 Å². The number of ether oxygens (including phenoxy) is 2. The number of aliphatic carboxylic acids is 1. The van der Waals surface area contributed by atoms with Gasteiger partial charge in [-0.2, -0.15) is 0 Å². The first-order valence-corrected chi connectivity index (χ1v) is 13.5. The van der Waals surface area contributed by atoms with E-state index in [0.717, 1.165) is 22.4 Å². The van der Waals surface area contributed by atoms with Crippen molar-refractivity contribution in [3.05, 3.63) is 89.2 Å². The number of carboxylic acid groups (broad SMARTS) is 1.